The van der Waals surface area contributed by atoms with Crippen molar-refractivity contribution in [3.8, 4) is 0 Å². The van der Waals surface area contributed by atoms with Gasteiger partial charge in [-0.2, -0.15) is 0 Å². The van der Waals surface area contributed by atoms with Gasteiger partial charge in [0.05, 0.1) is 11.3 Å². The van der Waals surface area contributed by atoms with Crippen LogP contribution < -0.4 is 16.0 Å². The molecule has 116 valence electrons. The minimum atomic E-state index is -0.226. The molecule has 1 aromatic heterocycles. The van der Waals surface area contributed by atoms with E-state index in [0.717, 1.165) is 17.9 Å². The van der Waals surface area contributed by atoms with Crippen LogP contribution >= 0.6 is 0 Å². The second kappa shape index (κ2) is 8.24. The van der Waals surface area contributed by atoms with Gasteiger partial charge in [-0.05, 0) is 33.8 Å². The largest absolute Gasteiger partial charge is 0.385 e. The molecule has 1 rings (SSSR count). The quantitative estimate of drug-likeness (QED) is 0.710. The van der Waals surface area contributed by atoms with Crippen LogP contribution in [-0.4, -0.2) is 35.9 Å². The van der Waals surface area contributed by atoms with Crippen LogP contribution in [0.1, 0.15) is 43.2 Å². The maximum absolute atomic E-state index is 12.1. The Morgan fingerprint density at radius 1 is 1.33 bits per heavy atom. The molecule has 0 aliphatic heterocycles. The van der Waals surface area contributed by atoms with Crippen molar-refractivity contribution < 1.29 is 9.59 Å². The maximum Gasteiger partial charge on any atom is 0.254 e. The van der Waals surface area contributed by atoms with Crippen molar-refractivity contribution >= 4 is 17.5 Å². The number of hydrogen-bond donors (Lipinski definition) is 3. The molecule has 0 fully saturated rings. The molecule has 1 aromatic rings. The predicted molar refractivity (Wildman–Crippen MR) is 83.4 cm³/mol. The van der Waals surface area contributed by atoms with Gasteiger partial charge in [-0.25, -0.2) is 0 Å². The standard InChI is InChI=1S/C15H24N4O2/c1-5-16-13-8-11(4)18-9-12(13)15(21)17-7-6-14(20)19-10(2)3/h8-10H,5-7H2,1-4H3,(H,16,18)(H,17,21)(H,19,20). The predicted octanol–water partition coefficient (Wildman–Crippen LogP) is 1.47. The molecule has 1 heterocycles. The van der Waals surface area contributed by atoms with Crippen LogP contribution in [0.15, 0.2) is 12.3 Å². The minimum Gasteiger partial charge on any atom is -0.385 e. The summed E-state index contributed by atoms with van der Waals surface area (Å²) in [7, 11) is 0. The molecular weight excluding hydrogens is 268 g/mol. The summed E-state index contributed by atoms with van der Waals surface area (Å²) in [4.78, 5) is 27.8. The molecule has 0 aromatic carbocycles. The van der Waals surface area contributed by atoms with Crippen LogP contribution in [0, 0.1) is 6.92 Å². The van der Waals surface area contributed by atoms with Crippen LogP contribution in [0.4, 0.5) is 5.69 Å². The highest BCUT2D eigenvalue weighted by molar-refractivity contribution is 5.99. The lowest BCUT2D eigenvalue weighted by molar-refractivity contribution is -0.121. The first kappa shape index (κ1) is 16.9. The summed E-state index contributed by atoms with van der Waals surface area (Å²) in [5.74, 6) is -0.296. The van der Waals surface area contributed by atoms with Crippen molar-refractivity contribution in [2.75, 3.05) is 18.4 Å². The van der Waals surface area contributed by atoms with E-state index in [0.29, 0.717) is 12.1 Å². The molecule has 0 aliphatic carbocycles. The normalized spacial score (nSPS) is 10.3. The average Bonchev–Trinajstić information content (AvgIpc) is 2.38. The summed E-state index contributed by atoms with van der Waals surface area (Å²) in [6, 6.07) is 1.94. The van der Waals surface area contributed by atoms with E-state index in [2.05, 4.69) is 20.9 Å². The van der Waals surface area contributed by atoms with Crippen molar-refractivity contribution in [2.45, 2.75) is 40.2 Å². The van der Waals surface area contributed by atoms with E-state index in [1.807, 2.05) is 33.8 Å². The van der Waals surface area contributed by atoms with E-state index >= 15 is 0 Å². The summed E-state index contributed by atoms with van der Waals surface area (Å²) < 4.78 is 0. The third-order valence-electron chi connectivity index (χ3n) is 2.74. The van der Waals surface area contributed by atoms with Gasteiger partial charge in [0.2, 0.25) is 5.91 Å². The number of amides is 2. The second-order valence-electron chi connectivity index (χ2n) is 5.13. The van der Waals surface area contributed by atoms with Gasteiger partial charge < -0.3 is 16.0 Å². The van der Waals surface area contributed by atoms with Crippen LogP contribution in [-0.2, 0) is 4.79 Å². The van der Waals surface area contributed by atoms with Crippen molar-refractivity contribution in [1.82, 2.24) is 15.6 Å². The molecule has 0 radical (unpaired) electrons. The minimum absolute atomic E-state index is 0.0702. The first-order chi connectivity index (χ1) is 9.93. The summed E-state index contributed by atoms with van der Waals surface area (Å²) in [5.41, 5.74) is 2.10. The number of carbonyl (C=O) groups is 2. The highest BCUT2D eigenvalue weighted by atomic mass is 16.2. The average molecular weight is 292 g/mol. The maximum atomic E-state index is 12.1. The van der Waals surface area contributed by atoms with Crippen LogP contribution in [0.3, 0.4) is 0 Å². The van der Waals surface area contributed by atoms with Crippen molar-refractivity contribution in [3.05, 3.63) is 23.5 Å². The number of rotatable bonds is 7. The summed E-state index contributed by atoms with van der Waals surface area (Å²) in [6.45, 7) is 8.66. The van der Waals surface area contributed by atoms with Gasteiger partial charge in [-0.1, -0.05) is 0 Å². The molecule has 0 atom stereocenters. The number of anilines is 1. The van der Waals surface area contributed by atoms with Gasteiger partial charge in [-0.3, -0.25) is 14.6 Å². The molecule has 0 aliphatic rings. The first-order valence-electron chi connectivity index (χ1n) is 7.22. The Bertz CT molecular complexity index is 500. The second-order valence-corrected chi connectivity index (χ2v) is 5.13. The van der Waals surface area contributed by atoms with Crippen LogP contribution in [0.2, 0.25) is 0 Å². The third kappa shape index (κ3) is 5.81. The molecule has 0 saturated carbocycles. The molecule has 21 heavy (non-hydrogen) atoms. The number of hydrogen-bond acceptors (Lipinski definition) is 4. The number of aromatic nitrogens is 1. The molecule has 2 amide bonds. The molecule has 0 saturated heterocycles. The first-order valence-corrected chi connectivity index (χ1v) is 7.22. The number of aryl methyl sites for hydroxylation is 1. The molecule has 6 heteroatoms. The van der Waals surface area contributed by atoms with Gasteiger partial charge in [0.15, 0.2) is 0 Å². The van der Waals surface area contributed by atoms with E-state index in [1.165, 1.54) is 0 Å². The van der Waals surface area contributed by atoms with Gasteiger partial charge in [0.25, 0.3) is 5.91 Å². The smallest absolute Gasteiger partial charge is 0.254 e. The number of nitrogens with zero attached hydrogens (tertiary/aromatic N) is 1. The Hall–Kier alpha value is -2.11. The lowest BCUT2D eigenvalue weighted by Crippen LogP contribution is -2.34. The molecule has 0 spiro atoms. The Labute approximate surface area is 125 Å². The lowest BCUT2D eigenvalue weighted by Gasteiger charge is -2.12. The van der Waals surface area contributed by atoms with E-state index in [9.17, 15) is 9.59 Å². The van der Waals surface area contributed by atoms with Crippen molar-refractivity contribution in [2.24, 2.45) is 0 Å². The number of pyridine rings is 1. The van der Waals surface area contributed by atoms with E-state index in [-0.39, 0.29) is 24.3 Å². The summed E-state index contributed by atoms with van der Waals surface area (Å²) in [5, 5.41) is 8.67. The fraction of sp³-hybridized carbons (Fsp3) is 0.533. The third-order valence-corrected chi connectivity index (χ3v) is 2.74. The Balaban J connectivity index is 2.58. The molecule has 0 unspecified atom stereocenters. The van der Waals surface area contributed by atoms with E-state index in [1.54, 1.807) is 6.20 Å². The summed E-state index contributed by atoms with van der Waals surface area (Å²) in [6.07, 6.45) is 1.82. The van der Waals surface area contributed by atoms with Gasteiger partial charge in [0, 0.05) is 37.4 Å². The van der Waals surface area contributed by atoms with Crippen molar-refractivity contribution in [3.63, 3.8) is 0 Å². The Morgan fingerprint density at radius 3 is 2.67 bits per heavy atom. The number of nitrogens with one attached hydrogen (secondary N) is 3. The van der Waals surface area contributed by atoms with Crippen molar-refractivity contribution in [1.29, 1.82) is 0 Å². The number of carbonyl (C=O) groups excluding carboxylic acids is 2. The Morgan fingerprint density at radius 2 is 2.05 bits per heavy atom. The topological polar surface area (TPSA) is 83.1 Å². The van der Waals surface area contributed by atoms with Gasteiger partial charge in [-0.15, -0.1) is 0 Å². The van der Waals surface area contributed by atoms with Gasteiger partial charge in [0.1, 0.15) is 0 Å². The highest BCUT2D eigenvalue weighted by Gasteiger charge is 2.12. The molecule has 0 bridgehead atoms. The summed E-state index contributed by atoms with van der Waals surface area (Å²) >= 11 is 0. The fourth-order valence-electron chi connectivity index (χ4n) is 1.86. The molecule has 3 N–H and O–H groups in total. The van der Waals surface area contributed by atoms with E-state index < -0.39 is 0 Å². The molecule has 6 nitrogen and oxygen atoms in total. The highest BCUT2D eigenvalue weighted by Crippen LogP contribution is 2.15. The zero-order valence-electron chi connectivity index (χ0n) is 13.1. The zero-order chi connectivity index (χ0) is 15.8. The lowest BCUT2D eigenvalue weighted by atomic mass is 10.2. The molecular formula is C15H24N4O2. The zero-order valence-corrected chi connectivity index (χ0v) is 13.1. The monoisotopic (exact) mass is 292 g/mol. The van der Waals surface area contributed by atoms with Gasteiger partial charge >= 0.3 is 0 Å². The fourth-order valence-corrected chi connectivity index (χ4v) is 1.86. The van der Waals surface area contributed by atoms with Crippen LogP contribution in [0.5, 0.6) is 0 Å². The SMILES string of the molecule is CCNc1cc(C)ncc1C(=O)NCCC(=O)NC(C)C. The Kier molecular flexibility index (Phi) is 6.65. The van der Waals surface area contributed by atoms with Crippen LogP contribution in [0.25, 0.3) is 0 Å². The van der Waals surface area contributed by atoms with E-state index in [4.69, 9.17) is 0 Å².